The van der Waals surface area contributed by atoms with Crippen LogP contribution in [0.2, 0.25) is 0 Å². The number of anilines is 1. The molecule has 102 valence electrons. The van der Waals surface area contributed by atoms with Crippen molar-refractivity contribution in [3.63, 3.8) is 0 Å². The fourth-order valence-electron chi connectivity index (χ4n) is 3.51. The molecule has 0 spiro atoms. The monoisotopic (exact) mass is 263 g/mol. The van der Waals surface area contributed by atoms with Crippen molar-refractivity contribution in [3.8, 4) is 0 Å². The van der Waals surface area contributed by atoms with E-state index in [0.717, 1.165) is 18.8 Å². The van der Waals surface area contributed by atoms with E-state index in [9.17, 15) is 4.39 Å². The van der Waals surface area contributed by atoms with Gasteiger partial charge in [0.25, 0.3) is 0 Å². The Labute approximate surface area is 111 Å². The molecule has 1 aliphatic heterocycles. The highest BCUT2D eigenvalue weighted by molar-refractivity contribution is 6.02. The highest BCUT2D eigenvalue weighted by atomic mass is 19.1. The van der Waals surface area contributed by atoms with Crippen molar-refractivity contribution in [3.05, 3.63) is 29.6 Å². The summed E-state index contributed by atoms with van der Waals surface area (Å²) in [5, 5.41) is 11.8. The van der Waals surface area contributed by atoms with Crippen LogP contribution in [0.5, 0.6) is 0 Å². The lowest BCUT2D eigenvalue weighted by Crippen LogP contribution is -2.26. The highest BCUT2D eigenvalue weighted by Gasteiger charge is 2.37. The van der Waals surface area contributed by atoms with Gasteiger partial charge in [-0.3, -0.25) is 0 Å². The maximum absolute atomic E-state index is 13.9. The molecule has 2 atom stereocenters. The van der Waals surface area contributed by atoms with Crippen LogP contribution in [0.15, 0.2) is 23.4 Å². The zero-order valence-electron chi connectivity index (χ0n) is 10.7. The Balaban J connectivity index is 1.95. The van der Waals surface area contributed by atoms with Crippen LogP contribution in [0.1, 0.15) is 24.8 Å². The van der Waals surface area contributed by atoms with E-state index in [-0.39, 0.29) is 11.4 Å². The quantitative estimate of drug-likeness (QED) is 0.372. The van der Waals surface area contributed by atoms with Crippen molar-refractivity contribution in [2.75, 3.05) is 18.0 Å². The second-order valence-electron chi connectivity index (χ2n) is 5.48. The van der Waals surface area contributed by atoms with Gasteiger partial charge in [0.1, 0.15) is 5.82 Å². The van der Waals surface area contributed by atoms with Gasteiger partial charge in [-0.25, -0.2) is 4.39 Å². The number of oxime groups is 1. The number of nitrogens with zero attached hydrogens (tertiary/aromatic N) is 2. The van der Waals surface area contributed by atoms with Gasteiger partial charge in [-0.15, -0.1) is 0 Å². The van der Waals surface area contributed by atoms with Gasteiger partial charge in [-0.2, -0.15) is 0 Å². The molecular formula is C14H18FN3O. The van der Waals surface area contributed by atoms with Crippen LogP contribution in [0.4, 0.5) is 10.1 Å². The molecule has 3 N–H and O–H groups in total. The molecule has 1 aliphatic carbocycles. The third-order valence-electron chi connectivity index (χ3n) is 4.42. The largest absolute Gasteiger partial charge is 0.409 e. The Bertz CT molecular complexity index is 505. The van der Waals surface area contributed by atoms with Gasteiger partial charge >= 0.3 is 0 Å². The first-order chi connectivity index (χ1) is 9.20. The zero-order valence-corrected chi connectivity index (χ0v) is 10.7. The van der Waals surface area contributed by atoms with E-state index < -0.39 is 5.82 Å². The lowest BCUT2D eigenvalue weighted by atomic mass is 10.0. The van der Waals surface area contributed by atoms with Gasteiger partial charge in [0.2, 0.25) is 0 Å². The van der Waals surface area contributed by atoms with E-state index in [1.54, 1.807) is 6.07 Å². The number of amidine groups is 1. The van der Waals surface area contributed by atoms with E-state index >= 15 is 0 Å². The van der Waals surface area contributed by atoms with Crippen molar-refractivity contribution in [1.29, 1.82) is 0 Å². The molecule has 1 aromatic rings. The van der Waals surface area contributed by atoms with Gasteiger partial charge in [-0.05, 0) is 36.8 Å². The Morgan fingerprint density at radius 2 is 2.00 bits per heavy atom. The lowest BCUT2D eigenvalue weighted by Gasteiger charge is -2.22. The fourth-order valence-corrected chi connectivity index (χ4v) is 3.51. The molecule has 2 aliphatic rings. The molecule has 19 heavy (non-hydrogen) atoms. The molecule has 3 rings (SSSR count). The van der Waals surface area contributed by atoms with Crippen LogP contribution in [0.25, 0.3) is 0 Å². The van der Waals surface area contributed by atoms with Crippen LogP contribution in [0, 0.1) is 17.7 Å². The van der Waals surface area contributed by atoms with E-state index in [1.807, 2.05) is 6.07 Å². The Kier molecular flexibility index (Phi) is 3.05. The number of benzene rings is 1. The summed E-state index contributed by atoms with van der Waals surface area (Å²) in [4.78, 5) is 2.17. The van der Waals surface area contributed by atoms with Crippen molar-refractivity contribution in [2.24, 2.45) is 22.7 Å². The molecule has 4 nitrogen and oxygen atoms in total. The second-order valence-corrected chi connectivity index (χ2v) is 5.48. The van der Waals surface area contributed by atoms with E-state index in [4.69, 9.17) is 10.9 Å². The second kappa shape index (κ2) is 4.72. The summed E-state index contributed by atoms with van der Waals surface area (Å²) >= 11 is 0. The minimum Gasteiger partial charge on any atom is -0.409 e. The Hall–Kier alpha value is -1.78. The van der Waals surface area contributed by atoms with Crippen LogP contribution in [-0.4, -0.2) is 24.1 Å². The average Bonchev–Trinajstić information content (AvgIpc) is 2.98. The maximum Gasteiger partial charge on any atom is 0.175 e. The molecule has 2 fully saturated rings. The minimum atomic E-state index is -0.440. The van der Waals surface area contributed by atoms with E-state index in [0.29, 0.717) is 11.8 Å². The van der Waals surface area contributed by atoms with Gasteiger partial charge in [0.05, 0.1) is 11.3 Å². The molecule has 0 radical (unpaired) electrons. The number of nitrogens with two attached hydrogens (primary N) is 1. The number of hydrogen-bond donors (Lipinski definition) is 2. The van der Waals surface area contributed by atoms with Gasteiger partial charge in [0.15, 0.2) is 5.84 Å². The van der Waals surface area contributed by atoms with Crippen molar-refractivity contribution in [2.45, 2.75) is 19.3 Å². The Morgan fingerprint density at radius 3 is 2.63 bits per heavy atom. The maximum atomic E-state index is 13.9. The first-order valence-electron chi connectivity index (χ1n) is 6.72. The normalized spacial score (nSPS) is 26.8. The van der Waals surface area contributed by atoms with Gasteiger partial charge in [-0.1, -0.05) is 17.6 Å². The topological polar surface area (TPSA) is 61.9 Å². The summed E-state index contributed by atoms with van der Waals surface area (Å²) in [6.07, 6.45) is 3.82. The molecule has 0 amide bonds. The van der Waals surface area contributed by atoms with E-state index in [1.165, 1.54) is 25.3 Å². The molecule has 5 heteroatoms. The third kappa shape index (κ3) is 2.03. The molecule has 2 unspecified atom stereocenters. The van der Waals surface area contributed by atoms with Crippen LogP contribution in [-0.2, 0) is 0 Å². The van der Waals surface area contributed by atoms with Crippen LogP contribution in [0.3, 0.4) is 0 Å². The summed E-state index contributed by atoms with van der Waals surface area (Å²) in [6.45, 7) is 1.89. The smallest absolute Gasteiger partial charge is 0.175 e. The highest BCUT2D eigenvalue weighted by Crippen LogP contribution is 2.40. The van der Waals surface area contributed by atoms with Crippen molar-refractivity contribution in [1.82, 2.24) is 0 Å². The summed E-state index contributed by atoms with van der Waals surface area (Å²) in [6, 6.07) is 4.86. The number of hydrogen-bond acceptors (Lipinski definition) is 3. The van der Waals surface area contributed by atoms with Crippen LogP contribution >= 0.6 is 0 Å². The molecule has 1 saturated heterocycles. The summed E-state index contributed by atoms with van der Waals surface area (Å²) in [5.41, 5.74) is 6.57. The summed E-state index contributed by atoms with van der Waals surface area (Å²) in [7, 11) is 0. The fraction of sp³-hybridized carbons (Fsp3) is 0.500. The van der Waals surface area contributed by atoms with Gasteiger partial charge in [0, 0.05) is 13.1 Å². The standard InChI is InChI=1S/C14H18FN3O/c15-11-5-2-6-12(13(11)14(16)17-19)18-7-9-3-1-4-10(9)8-18/h2,5-6,9-10,19H,1,3-4,7-8H2,(H2,16,17). The molecular weight excluding hydrogens is 245 g/mol. The Morgan fingerprint density at radius 1 is 1.32 bits per heavy atom. The molecule has 1 saturated carbocycles. The van der Waals surface area contributed by atoms with Gasteiger partial charge < -0.3 is 15.8 Å². The number of fused-ring (bicyclic) bond motifs is 1. The molecule has 1 heterocycles. The van der Waals surface area contributed by atoms with E-state index in [2.05, 4.69) is 10.1 Å². The first-order valence-corrected chi connectivity index (χ1v) is 6.72. The minimum absolute atomic E-state index is 0.162. The first kappa shape index (κ1) is 12.3. The molecule has 1 aromatic carbocycles. The summed E-state index contributed by atoms with van der Waals surface area (Å²) in [5.74, 6) is 0.821. The summed E-state index contributed by atoms with van der Waals surface area (Å²) < 4.78 is 13.9. The SMILES string of the molecule is N/C(=N/O)c1c(F)cccc1N1CC2CCCC2C1. The average molecular weight is 263 g/mol. The third-order valence-corrected chi connectivity index (χ3v) is 4.42. The number of rotatable bonds is 2. The molecule has 0 bridgehead atoms. The zero-order chi connectivity index (χ0) is 13.4. The number of halogens is 1. The predicted octanol–water partition coefficient (Wildman–Crippen LogP) is 2.16. The van der Waals surface area contributed by atoms with Crippen LogP contribution < -0.4 is 10.6 Å². The lowest BCUT2D eigenvalue weighted by molar-refractivity contribution is 0.318. The predicted molar refractivity (Wildman–Crippen MR) is 72.0 cm³/mol. The van der Waals surface area contributed by atoms with Crippen molar-refractivity contribution >= 4 is 11.5 Å². The van der Waals surface area contributed by atoms with Crippen molar-refractivity contribution < 1.29 is 9.60 Å². The molecule has 0 aromatic heterocycles.